The molecule has 0 rings (SSSR count). The molecule has 0 amide bonds. The van der Waals surface area contributed by atoms with E-state index in [-0.39, 0.29) is 6.61 Å². The Kier molecular flexibility index (Phi) is 11.3. The molecule has 14 heavy (non-hydrogen) atoms. The lowest BCUT2D eigenvalue weighted by Gasteiger charge is -1.93. The quantitative estimate of drug-likeness (QED) is 0.199. The van der Waals surface area contributed by atoms with Crippen LogP contribution in [0.2, 0.25) is 0 Å². The number of aliphatic hydroxyl groups excluding tert-OH is 1. The van der Waals surface area contributed by atoms with Crippen LogP contribution in [0.4, 0.5) is 0 Å². The largest absolute Gasteiger partial charge is 0.396 e. The molecule has 9 heteroatoms. The zero-order valence-electron chi connectivity index (χ0n) is 7.37. The van der Waals surface area contributed by atoms with Gasteiger partial charge in [0.05, 0.1) is 0 Å². The minimum absolute atomic E-state index is 0.170. The van der Waals surface area contributed by atoms with E-state index in [1.165, 1.54) is 0 Å². The van der Waals surface area contributed by atoms with Crippen molar-refractivity contribution in [2.75, 3.05) is 18.9 Å². The second-order valence-corrected chi connectivity index (χ2v) is 4.57. The van der Waals surface area contributed by atoms with Gasteiger partial charge in [-0.25, -0.2) is 0 Å². The van der Waals surface area contributed by atoms with Crippen LogP contribution in [-0.4, -0.2) is 43.2 Å². The van der Waals surface area contributed by atoms with Crippen molar-refractivity contribution in [2.24, 2.45) is 10.7 Å². The zero-order valence-corrected chi connectivity index (χ0v) is 9.89. The predicted octanol–water partition coefficient (Wildman–Crippen LogP) is -0.666. The van der Waals surface area contributed by atoms with Crippen molar-refractivity contribution in [3.05, 3.63) is 0 Å². The molecule has 0 radical (unpaired) electrons. The van der Waals surface area contributed by atoms with Crippen molar-refractivity contribution in [3.63, 3.8) is 0 Å². The molecular weight excluding hydrogens is 248 g/mol. The molecule has 0 bridgehead atoms. The average Bonchev–Trinajstić information content (AvgIpc) is 2.01. The summed E-state index contributed by atoms with van der Waals surface area (Å²) in [5.41, 5.74) is 5.31. The maximum atomic E-state index is 9.11. The Labute approximate surface area is 93.3 Å². The van der Waals surface area contributed by atoms with Crippen LogP contribution in [0.25, 0.3) is 0 Å². The normalized spacial score (nSPS) is 11.9. The first-order chi connectivity index (χ1) is 6.31. The molecule has 0 fully saturated rings. The highest BCUT2D eigenvalue weighted by Crippen LogP contribution is 1.80. The second-order valence-electron chi connectivity index (χ2n) is 2.06. The maximum Gasteiger partial charge on any atom is 0.263 e. The summed E-state index contributed by atoms with van der Waals surface area (Å²) in [7, 11) is -3.83. The first kappa shape index (κ1) is 16.5. The lowest BCUT2D eigenvalue weighted by Crippen LogP contribution is -2.13. The molecule has 0 atom stereocenters. The number of thiol groups is 1. The van der Waals surface area contributed by atoms with Gasteiger partial charge in [-0.3, -0.25) is 14.1 Å². The molecule has 0 aromatic rings. The van der Waals surface area contributed by atoms with E-state index in [0.29, 0.717) is 24.6 Å². The molecule has 0 saturated carbocycles. The van der Waals surface area contributed by atoms with E-state index in [1.807, 2.05) is 0 Å². The van der Waals surface area contributed by atoms with Gasteiger partial charge in [-0.2, -0.15) is 16.8 Å². The van der Waals surface area contributed by atoms with Gasteiger partial charge in [0.25, 0.3) is 9.05 Å². The third kappa shape index (κ3) is 29.6. The SMILES string of the molecule is NC(CS)=NCCCO.O=S(O)(O)=S. The standard InChI is InChI=1S/C5H12N2OS.H2O3S2/c6-5(4-9)7-2-1-3-8;1-5(2,3)4/h8-9H,1-4H2,(H2,6,7);(H2,1,2,3,4). The zero-order chi connectivity index (χ0) is 11.6. The number of nitrogens with two attached hydrogens (primary N) is 1. The molecule has 86 valence electrons. The summed E-state index contributed by atoms with van der Waals surface area (Å²) in [6.45, 7) is 0.770. The molecular formula is C5H14N2O4S3. The fraction of sp³-hybridized carbons (Fsp3) is 0.800. The van der Waals surface area contributed by atoms with Gasteiger partial charge in [0.1, 0.15) is 5.84 Å². The third-order valence-electron chi connectivity index (χ3n) is 0.793. The number of nitrogens with zero attached hydrogens (tertiary/aromatic N) is 1. The van der Waals surface area contributed by atoms with Crippen LogP contribution in [0.3, 0.4) is 0 Å². The van der Waals surface area contributed by atoms with E-state index in [9.17, 15) is 0 Å². The topological polar surface area (TPSA) is 116 Å². The Morgan fingerprint density at radius 2 is 2.00 bits per heavy atom. The Morgan fingerprint density at radius 1 is 1.57 bits per heavy atom. The van der Waals surface area contributed by atoms with Gasteiger partial charge < -0.3 is 10.8 Å². The van der Waals surface area contributed by atoms with Crippen LogP contribution in [-0.2, 0) is 20.2 Å². The van der Waals surface area contributed by atoms with E-state index in [2.05, 4.69) is 28.8 Å². The number of hydrogen-bond donors (Lipinski definition) is 5. The molecule has 5 N–H and O–H groups in total. The van der Waals surface area contributed by atoms with Crippen molar-refractivity contribution < 1.29 is 18.4 Å². The number of amidine groups is 1. The van der Waals surface area contributed by atoms with Gasteiger partial charge in [0, 0.05) is 30.1 Å². The van der Waals surface area contributed by atoms with E-state index < -0.39 is 9.05 Å². The summed E-state index contributed by atoms with van der Waals surface area (Å²) in [4.78, 5) is 3.89. The molecule has 6 nitrogen and oxygen atoms in total. The predicted molar refractivity (Wildman–Crippen MR) is 62.8 cm³/mol. The summed E-state index contributed by atoms with van der Waals surface area (Å²) >= 11 is 7.36. The molecule has 0 aromatic heterocycles. The molecule has 0 spiro atoms. The molecule has 0 aliphatic carbocycles. The summed E-state index contributed by atoms with van der Waals surface area (Å²) < 4.78 is 24.0. The van der Waals surface area contributed by atoms with Gasteiger partial charge in [-0.1, -0.05) is 0 Å². The fourth-order valence-corrected chi connectivity index (χ4v) is 0.443. The monoisotopic (exact) mass is 262 g/mol. The molecule has 0 saturated heterocycles. The van der Waals surface area contributed by atoms with Crippen molar-refractivity contribution in [3.8, 4) is 0 Å². The number of aliphatic imine (C=N–C) groups is 1. The van der Waals surface area contributed by atoms with Crippen LogP contribution in [0.5, 0.6) is 0 Å². The minimum atomic E-state index is -3.83. The Morgan fingerprint density at radius 3 is 2.29 bits per heavy atom. The Bertz CT molecular complexity index is 244. The molecule has 0 aliphatic rings. The molecule has 0 unspecified atom stereocenters. The molecule has 0 aromatic carbocycles. The van der Waals surface area contributed by atoms with Crippen molar-refractivity contribution in [2.45, 2.75) is 6.42 Å². The Hall–Kier alpha value is 0.0700. The summed E-state index contributed by atoms with van der Waals surface area (Å²) in [6, 6.07) is 0. The van der Waals surface area contributed by atoms with Crippen molar-refractivity contribution in [1.29, 1.82) is 0 Å². The average molecular weight is 262 g/mol. The fourth-order valence-electron chi connectivity index (χ4n) is 0.343. The second kappa shape index (κ2) is 9.62. The minimum Gasteiger partial charge on any atom is -0.396 e. The van der Waals surface area contributed by atoms with Gasteiger partial charge in [-0.05, 0) is 6.42 Å². The van der Waals surface area contributed by atoms with Crippen LogP contribution >= 0.6 is 12.6 Å². The highest BCUT2D eigenvalue weighted by molar-refractivity contribution is 8.26. The van der Waals surface area contributed by atoms with E-state index in [1.54, 1.807) is 0 Å². The number of hydrogen-bond acceptors (Lipinski definition) is 5. The summed E-state index contributed by atoms with van der Waals surface area (Å²) in [5, 5.41) is 8.32. The Balaban J connectivity index is 0. The highest BCUT2D eigenvalue weighted by atomic mass is 32.9. The van der Waals surface area contributed by atoms with Crippen LogP contribution in [0, 0.1) is 0 Å². The van der Waals surface area contributed by atoms with Gasteiger partial charge in [0.15, 0.2) is 0 Å². The van der Waals surface area contributed by atoms with Crippen LogP contribution in [0.1, 0.15) is 6.42 Å². The summed E-state index contributed by atoms with van der Waals surface area (Å²) in [6.07, 6.45) is 0.675. The number of rotatable bonds is 4. The first-order valence-corrected chi connectivity index (χ1v) is 6.54. The van der Waals surface area contributed by atoms with Crippen molar-refractivity contribution in [1.82, 2.24) is 0 Å². The van der Waals surface area contributed by atoms with E-state index in [0.717, 1.165) is 0 Å². The van der Waals surface area contributed by atoms with Crippen molar-refractivity contribution >= 4 is 38.7 Å². The van der Waals surface area contributed by atoms with Crippen LogP contribution in [0.15, 0.2) is 4.99 Å². The maximum absolute atomic E-state index is 9.11. The van der Waals surface area contributed by atoms with Gasteiger partial charge in [-0.15, -0.1) is 0 Å². The van der Waals surface area contributed by atoms with E-state index in [4.69, 9.17) is 24.2 Å². The third-order valence-corrected chi connectivity index (χ3v) is 1.12. The first-order valence-electron chi connectivity index (χ1n) is 3.51. The van der Waals surface area contributed by atoms with E-state index >= 15 is 0 Å². The smallest absolute Gasteiger partial charge is 0.263 e. The molecule has 0 aliphatic heterocycles. The lowest BCUT2D eigenvalue weighted by atomic mass is 10.5. The highest BCUT2D eigenvalue weighted by Gasteiger charge is 1.84. The van der Waals surface area contributed by atoms with Gasteiger partial charge in [0.2, 0.25) is 0 Å². The summed E-state index contributed by atoms with van der Waals surface area (Å²) in [5.74, 6) is 1.03. The van der Waals surface area contributed by atoms with Gasteiger partial charge >= 0.3 is 0 Å². The lowest BCUT2D eigenvalue weighted by molar-refractivity contribution is 0.291. The number of aliphatic hydroxyl groups is 1. The van der Waals surface area contributed by atoms with Crippen LogP contribution < -0.4 is 5.73 Å². The molecule has 0 heterocycles.